The van der Waals surface area contributed by atoms with Crippen LogP contribution in [0.1, 0.15) is 10.4 Å². The summed E-state index contributed by atoms with van der Waals surface area (Å²) in [5.74, 6) is 0. The van der Waals surface area contributed by atoms with Gasteiger partial charge in [-0.1, -0.05) is 0 Å². The molecule has 0 aliphatic rings. The third-order valence-corrected chi connectivity index (χ3v) is 3.33. The fourth-order valence-corrected chi connectivity index (χ4v) is 2.20. The van der Waals surface area contributed by atoms with Crippen LogP contribution in [0, 0.1) is 6.92 Å². The third-order valence-electron chi connectivity index (χ3n) is 2.31. The third kappa shape index (κ3) is 4.30. The van der Waals surface area contributed by atoms with Gasteiger partial charge in [0, 0.05) is 32.2 Å². The number of nitrogens with one attached hydrogen (secondary N) is 1. The van der Waals surface area contributed by atoms with Crippen LogP contribution in [-0.2, 0) is 16.0 Å². The lowest BCUT2D eigenvalue weighted by Crippen LogP contribution is -2.31. The van der Waals surface area contributed by atoms with Crippen LogP contribution in [0.4, 0.5) is 0 Å². The summed E-state index contributed by atoms with van der Waals surface area (Å²) < 4.78 is 10.3. The summed E-state index contributed by atoms with van der Waals surface area (Å²) in [5, 5.41) is 5.49. The van der Waals surface area contributed by atoms with E-state index < -0.39 is 0 Å². The van der Waals surface area contributed by atoms with Gasteiger partial charge in [0.15, 0.2) is 0 Å². The second kappa shape index (κ2) is 6.95. The van der Waals surface area contributed by atoms with E-state index in [1.54, 1.807) is 25.6 Å². The minimum Gasteiger partial charge on any atom is -0.382 e. The van der Waals surface area contributed by atoms with E-state index in [2.05, 4.69) is 23.7 Å². The number of aryl methyl sites for hydroxylation is 1. The SMILES string of the molecule is COCC(CNCc1sccc1C)OC. The highest BCUT2D eigenvalue weighted by atomic mass is 32.1. The van der Waals surface area contributed by atoms with E-state index in [4.69, 9.17) is 9.47 Å². The Morgan fingerprint density at radius 3 is 2.80 bits per heavy atom. The molecule has 0 saturated heterocycles. The second-order valence-electron chi connectivity index (χ2n) is 3.47. The van der Waals surface area contributed by atoms with Crippen molar-refractivity contribution in [3.05, 3.63) is 21.9 Å². The molecule has 1 heterocycles. The van der Waals surface area contributed by atoms with Crippen LogP contribution >= 0.6 is 11.3 Å². The molecular formula is C11H19NO2S. The van der Waals surface area contributed by atoms with Crippen LogP contribution in [0.15, 0.2) is 11.4 Å². The molecule has 1 unspecified atom stereocenters. The van der Waals surface area contributed by atoms with E-state index in [-0.39, 0.29) is 6.10 Å². The molecule has 1 atom stereocenters. The van der Waals surface area contributed by atoms with Gasteiger partial charge in [-0.05, 0) is 23.9 Å². The van der Waals surface area contributed by atoms with Gasteiger partial charge >= 0.3 is 0 Å². The zero-order chi connectivity index (χ0) is 11.1. The second-order valence-corrected chi connectivity index (χ2v) is 4.47. The van der Waals surface area contributed by atoms with Gasteiger partial charge in [-0.2, -0.15) is 0 Å². The van der Waals surface area contributed by atoms with Gasteiger partial charge in [-0.3, -0.25) is 0 Å². The Bertz CT molecular complexity index is 275. The van der Waals surface area contributed by atoms with Gasteiger partial charge in [0.1, 0.15) is 0 Å². The molecule has 0 bridgehead atoms. The largest absolute Gasteiger partial charge is 0.382 e. The van der Waals surface area contributed by atoms with Crippen molar-refractivity contribution in [1.29, 1.82) is 0 Å². The first kappa shape index (κ1) is 12.6. The van der Waals surface area contributed by atoms with Crippen LogP contribution in [0.25, 0.3) is 0 Å². The van der Waals surface area contributed by atoms with Crippen molar-refractivity contribution in [1.82, 2.24) is 5.32 Å². The summed E-state index contributed by atoms with van der Waals surface area (Å²) in [7, 11) is 3.40. The van der Waals surface area contributed by atoms with Crippen LogP contribution in [-0.4, -0.2) is 33.5 Å². The molecule has 0 amide bonds. The predicted octanol–water partition coefficient (Wildman–Crippen LogP) is 1.81. The van der Waals surface area contributed by atoms with Crippen LogP contribution in [0.3, 0.4) is 0 Å². The summed E-state index contributed by atoms with van der Waals surface area (Å²) in [6, 6.07) is 2.14. The summed E-state index contributed by atoms with van der Waals surface area (Å²) in [6.07, 6.45) is 0.135. The van der Waals surface area contributed by atoms with E-state index >= 15 is 0 Å². The van der Waals surface area contributed by atoms with E-state index in [1.807, 2.05) is 0 Å². The maximum absolute atomic E-state index is 5.26. The number of thiophene rings is 1. The zero-order valence-electron chi connectivity index (χ0n) is 9.58. The summed E-state index contributed by atoms with van der Waals surface area (Å²) in [5.41, 5.74) is 1.35. The van der Waals surface area contributed by atoms with Gasteiger partial charge in [0.05, 0.1) is 12.7 Å². The molecule has 1 N–H and O–H groups in total. The first-order valence-electron chi connectivity index (χ1n) is 5.03. The van der Waals surface area contributed by atoms with Crippen LogP contribution in [0.2, 0.25) is 0 Å². The normalized spacial score (nSPS) is 13.0. The van der Waals surface area contributed by atoms with Gasteiger partial charge < -0.3 is 14.8 Å². The average molecular weight is 229 g/mol. The Balaban J connectivity index is 2.23. The summed E-state index contributed by atoms with van der Waals surface area (Å²) in [6.45, 7) is 4.50. The summed E-state index contributed by atoms with van der Waals surface area (Å²) >= 11 is 1.79. The highest BCUT2D eigenvalue weighted by Crippen LogP contribution is 2.14. The zero-order valence-corrected chi connectivity index (χ0v) is 10.4. The molecule has 1 aromatic rings. The number of rotatable bonds is 7. The maximum Gasteiger partial charge on any atom is 0.0928 e. The van der Waals surface area contributed by atoms with Crippen molar-refractivity contribution in [2.45, 2.75) is 19.6 Å². The number of methoxy groups -OCH3 is 2. The molecule has 0 spiro atoms. The first-order chi connectivity index (χ1) is 7.27. The Hall–Kier alpha value is -0.420. The highest BCUT2D eigenvalue weighted by molar-refractivity contribution is 7.10. The molecule has 0 aliphatic heterocycles. The fourth-order valence-electron chi connectivity index (χ4n) is 1.33. The molecule has 0 saturated carbocycles. The number of hydrogen-bond donors (Lipinski definition) is 1. The predicted molar refractivity (Wildman–Crippen MR) is 63.4 cm³/mol. The smallest absolute Gasteiger partial charge is 0.0928 e. The molecule has 0 aromatic carbocycles. The Morgan fingerprint density at radius 2 is 2.27 bits per heavy atom. The van der Waals surface area contributed by atoms with Crippen LogP contribution < -0.4 is 5.32 Å². The van der Waals surface area contributed by atoms with Crippen molar-refractivity contribution in [2.75, 3.05) is 27.4 Å². The van der Waals surface area contributed by atoms with Gasteiger partial charge in [-0.25, -0.2) is 0 Å². The lowest BCUT2D eigenvalue weighted by molar-refractivity contribution is 0.0288. The monoisotopic (exact) mass is 229 g/mol. The minimum absolute atomic E-state index is 0.135. The van der Waals surface area contributed by atoms with Crippen molar-refractivity contribution in [3.8, 4) is 0 Å². The maximum atomic E-state index is 5.26. The van der Waals surface area contributed by atoms with E-state index in [0.717, 1.165) is 13.1 Å². The lowest BCUT2D eigenvalue weighted by Gasteiger charge is -2.14. The Kier molecular flexibility index (Phi) is 5.86. The molecule has 1 rings (SSSR count). The molecular weight excluding hydrogens is 210 g/mol. The standard InChI is InChI=1S/C11H19NO2S/c1-9-4-5-15-11(9)7-12-6-10(14-3)8-13-2/h4-5,10,12H,6-8H2,1-3H3. The van der Waals surface area contributed by atoms with Crippen LogP contribution in [0.5, 0.6) is 0 Å². The van der Waals surface area contributed by atoms with Crippen molar-refractivity contribution in [2.24, 2.45) is 0 Å². The minimum atomic E-state index is 0.135. The molecule has 86 valence electrons. The number of ether oxygens (including phenoxy) is 2. The molecule has 0 aliphatic carbocycles. The molecule has 0 radical (unpaired) electrons. The fraction of sp³-hybridized carbons (Fsp3) is 0.636. The van der Waals surface area contributed by atoms with E-state index in [9.17, 15) is 0 Å². The van der Waals surface area contributed by atoms with Gasteiger partial charge in [0.2, 0.25) is 0 Å². The Morgan fingerprint density at radius 1 is 1.47 bits per heavy atom. The molecule has 15 heavy (non-hydrogen) atoms. The molecule has 4 heteroatoms. The highest BCUT2D eigenvalue weighted by Gasteiger charge is 2.06. The first-order valence-corrected chi connectivity index (χ1v) is 5.91. The molecule has 0 fully saturated rings. The van der Waals surface area contributed by atoms with E-state index in [0.29, 0.717) is 6.61 Å². The topological polar surface area (TPSA) is 30.5 Å². The molecule has 3 nitrogen and oxygen atoms in total. The van der Waals surface area contributed by atoms with Crippen molar-refractivity contribution >= 4 is 11.3 Å². The molecule has 1 aromatic heterocycles. The van der Waals surface area contributed by atoms with E-state index in [1.165, 1.54) is 10.4 Å². The quantitative estimate of drug-likeness (QED) is 0.773. The lowest BCUT2D eigenvalue weighted by atomic mass is 10.3. The average Bonchev–Trinajstić information content (AvgIpc) is 2.63. The van der Waals surface area contributed by atoms with Gasteiger partial charge in [-0.15, -0.1) is 11.3 Å². The van der Waals surface area contributed by atoms with Crippen molar-refractivity contribution in [3.63, 3.8) is 0 Å². The van der Waals surface area contributed by atoms with Gasteiger partial charge in [0.25, 0.3) is 0 Å². The van der Waals surface area contributed by atoms with Crippen molar-refractivity contribution < 1.29 is 9.47 Å². The Labute approximate surface area is 95.4 Å². The number of hydrogen-bond acceptors (Lipinski definition) is 4. The summed E-state index contributed by atoms with van der Waals surface area (Å²) in [4.78, 5) is 1.39.